The first-order valence-corrected chi connectivity index (χ1v) is 14.3. The predicted octanol–water partition coefficient (Wildman–Crippen LogP) is 5.55. The van der Waals surface area contributed by atoms with Gasteiger partial charge in [0.2, 0.25) is 5.88 Å². The highest BCUT2D eigenvalue weighted by Gasteiger charge is 2.26. The fraction of sp³-hybridized carbons (Fsp3) is 0.233. The number of carbonyl (C=O) groups is 1. The minimum absolute atomic E-state index is 0. The average molecular weight is 564 g/mol. The summed E-state index contributed by atoms with van der Waals surface area (Å²) in [4.78, 5) is 31.7. The Hall–Kier alpha value is -4.44. The lowest BCUT2D eigenvalue weighted by Crippen LogP contribution is -2.34. The molecule has 1 saturated carbocycles. The number of aromatic nitrogens is 2. The van der Waals surface area contributed by atoms with Crippen LogP contribution in [-0.4, -0.2) is 30.9 Å². The Morgan fingerprint density at radius 3 is 2.50 bits per heavy atom. The third-order valence-electron chi connectivity index (χ3n) is 6.52. The number of aryl methyl sites for hydroxylation is 3. The first-order valence-electron chi connectivity index (χ1n) is 12.9. The van der Waals surface area contributed by atoms with E-state index < -0.39 is 26.4 Å². The van der Waals surface area contributed by atoms with Crippen LogP contribution >= 0.6 is 0 Å². The van der Waals surface area contributed by atoms with Gasteiger partial charge >= 0.3 is 0 Å². The van der Waals surface area contributed by atoms with Crippen LogP contribution in [0.4, 0.5) is 0 Å². The molecule has 40 heavy (non-hydrogen) atoms. The van der Waals surface area contributed by atoms with Crippen LogP contribution in [0.2, 0.25) is 0 Å². The number of nitrogens with one attached hydrogen (secondary N) is 2. The molecule has 1 aliphatic carbocycles. The lowest BCUT2D eigenvalue weighted by atomic mass is 10.1. The van der Waals surface area contributed by atoms with Gasteiger partial charge < -0.3 is 14.5 Å². The van der Waals surface area contributed by atoms with Crippen molar-refractivity contribution >= 4 is 15.9 Å². The Morgan fingerprint density at radius 2 is 1.80 bits per heavy atom. The Morgan fingerprint density at radius 1 is 1.05 bits per heavy atom. The standard InChI is InChI=1S/C30H29N3O6S.2H2/c1-18-14-19(2)27(20(3)15-18)39-30-24(28(34)33-40(36,37)26-8-5-13-31-29(26)35)11-12-25(32-30)22-6-4-7-23(16-22)38-17-21-9-10-21;;/h4-8,11-16,21H,9-10,17H2,1-3H3,(H,31,35)(H,33,34);2*1H. The number of ether oxygens (including phenoxy) is 2. The normalized spacial score (nSPS) is 13.1. The zero-order chi connectivity index (χ0) is 28.4. The number of H-pyrrole nitrogens is 1. The largest absolute Gasteiger partial charge is 0.493 e. The van der Waals surface area contributed by atoms with E-state index >= 15 is 0 Å². The molecule has 0 bridgehead atoms. The third-order valence-corrected chi connectivity index (χ3v) is 7.87. The molecule has 9 nitrogen and oxygen atoms in total. The Labute approximate surface area is 235 Å². The van der Waals surface area contributed by atoms with Crippen LogP contribution in [0.5, 0.6) is 17.4 Å². The third kappa shape index (κ3) is 6.07. The van der Waals surface area contributed by atoms with Crippen LogP contribution in [0.25, 0.3) is 11.3 Å². The highest BCUT2D eigenvalue weighted by atomic mass is 32.2. The molecule has 4 aromatic rings. The van der Waals surface area contributed by atoms with Crippen LogP contribution in [0, 0.1) is 26.7 Å². The van der Waals surface area contributed by atoms with Gasteiger partial charge in [-0.05, 0) is 87.1 Å². The molecule has 2 N–H and O–H groups in total. The van der Waals surface area contributed by atoms with Crippen LogP contribution in [0.3, 0.4) is 0 Å². The average Bonchev–Trinajstić information content (AvgIpc) is 3.74. The number of rotatable bonds is 9. The van der Waals surface area contributed by atoms with E-state index in [4.69, 9.17) is 9.47 Å². The molecule has 0 radical (unpaired) electrons. The fourth-order valence-corrected chi connectivity index (χ4v) is 5.39. The van der Waals surface area contributed by atoms with E-state index in [1.165, 1.54) is 31.2 Å². The molecule has 0 unspecified atom stereocenters. The first kappa shape index (κ1) is 27.1. The van der Waals surface area contributed by atoms with Crippen molar-refractivity contribution in [2.75, 3.05) is 6.61 Å². The van der Waals surface area contributed by atoms with Crippen LogP contribution in [0.1, 0.15) is 42.7 Å². The maximum Gasteiger partial charge on any atom is 0.270 e. The van der Waals surface area contributed by atoms with Gasteiger partial charge in [0.05, 0.1) is 12.3 Å². The fourth-order valence-electron chi connectivity index (χ4n) is 4.37. The number of benzene rings is 2. The molecule has 1 fully saturated rings. The summed E-state index contributed by atoms with van der Waals surface area (Å²) >= 11 is 0. The second-order valence-electron chi connectivity index (χ2n) is 9.96. The maximum atomic E-state index is 13.3. The van der Waals surface area contributed by atoms with Gasteiger partial charge in [-0.1, -0.05) is 29.8 Å². The monoisotopic (exact) mass is 563 g/mol. The maximum absolute atomic E-state index is 13.3. The van der Waals surface area contributed by atoms with Crippen molar-refractivity contribution in [1.29, 1.82) is 0 Å². The molecule has 1 amide bonds. The molecule has 0 atom stereocenters. The number of carbonyl (C=O) groups excluding carboxylic acids is 1. The molecule has 2 aromatic heterocycles. The number of hydrogen-bond acceptors (Lipinski definition) is 7. The van der Waals surface area contributed by atoms with Crippen molar-refractivity contribution < 1.29 is 25.5 Å². The Balaban J connectivity index is 0.00000242. The van der Waals surface area contributed by atoms with E-state index in [0.717, 1.165) is 28.3 Å². The van der Waals surface area contributed by atoms with Crippen molar-refractivity contribution in [1.82, 2.24) is 14.7 Å². The van der Waals surface area contributed by atoms with Gasteiger partial charge in [-0.3, -0.25) is 9.59 Å². The minimum atomic E-state index is -4.47. The zero-order valence-electron chi connectivity index (χ0n) is 22.4. The van der Waals surface area contributed by atoms with Gasteiger partial charge in [-0.25, -0.2) is 18.1 Å². The summed E-state index contributed by atoms with van der Waals surface area (Å²) in [6.45, 7) is 6.39. The quantitative estimate of drug-likeness (QED) is 0.273. The van der Waals surface area contributed by atoms with E-state index in [2.05, 4.69) is 9.97 Å². The topological polar surface area (TPSA) is 127 Å². The lowest BCUT2D eigenvalue weighted by molar-refractivity contribution is 0.0978. The molecular formula is C30H33N3O6S. The van der Waals surface area contributed by atoms with Gasteiger partial charge in [-0.2, -0.15) is 0 Å². The zero-order valence-corrected chi connectivity index (χ0v) is 23.2. The van der Waals surface area contributed by atoms with Gasteiger partial charge in [0.15, 0.2) is 4.90 Å². The summed E-state index contributed by atoms with van der Waals surface area (Å²) in [6.07, 6.45) is 3.66. The molecule has 2 aromatic carbocycles. The van der Waals surface area contributed by atoms with Gasteiger partial charge in [-0.15, -0.1) is 0 Å². The molecule has 0 aliphatic heterocycles. The summed E-state index contributed by atoms with van der Waals surface area (Å²) < 4.78 is 39.8. The van der Waals surface area contributed by atoms with Crippen molar-refractivity contribution in [3.63, 3.8) is 0 Å². The summed E-state index contributed by atoms with van der Waals surface area (Å²) in [7, 11) is -4.47. The smallest absolute Gasteiger partial charge is 0.270 e. The van der Waals surface area contributed by atoms with Gasteiger partial charge in [0.25, 0.3) is 21.5 Å². The Bertz CT molecular complexity index is 1750. The molecular weight excluding hydrogens is 530 g/mol. The number of aromatic amines is 1. The van der Waals surface area contributed by atoms with E-state index in [9.17, 15) is 18.0 Å². The molecule has 210 valence electrons. The van der Waals surface area contributed by atoms with Crippen LogP contribution in [0.15, 0.2) is 76.6 Å². The summed E-state index contributed by atoms with van der Waals surface area (Å²) in [6, 6.07) is 16.9. The van der Waals surface area contributed by atoms with Crippen molar-refractivity contribution in [3.05, 3.63) is 99.5 Å². The molecule has 5 rings (SSSR count). The summed E-state index contributed by atoms with van der Waals surface area (Å²) in [5, 5.41) is 0. The molecule has 10 heteroatoms. The SMILES string of the molecule is Cc1cc(C)c(Oc2nc(-c3cccc(OCC4CC4)c3)ccc2C(=O)NS(=O)(=O)c2ccc[nH]c2=O)c(C)c1.[HH].[HH]. The number of nitrogens with zero attached hydrogens (tertiary/aromatic N) is 1. The summed E-state index contributed by atoms with van der Waals surface area (Å²) in [5.74, 6) is 0.754. The molecule has 1 aliphatic rings. The van der Waals surface area contributed by atoms with E-state index in [1.807, 2.05) is 61.9 Å². The highest BCUT2D eigenvalue weighted by molar-refractivity contribution is 7.90. The van der Waals surface area contributed by atoms with Gasteiger partial charge in [0, 0.05) is 14.6 Å². The second-order valence-corrected chi connectivity index (χ2v) is 11.6. The lowest BCUT2D eigenvalue weighted by Gasteiger charge is -2.16. The molecule has 0 saturated heterocycles. The highest BCUT2D eigenvalue weighted by Crippen LogP contribution is 2.34. The summed E-state index contributed by atoms with van der Waals surface area (Å²) in [5.41, 5.74) is 3.00. The van der Waals surface area contributed by atoms with Crippen molar-refractivity contribution in [2.24, 2.45) is 5.92 Å². The van der Waals surface area contributed by atoms with E-state index in [0.29, 0.717) is 29.7 Å². The van der Waals surface area contributed by atoms with Gasteiger partial charge in [0.1, 0.15) is 17.1 Å². The number of hydrogen-bond donors (Lipinski definition) is 2. The van der Waals surface area contributed by atoms with Crippen LogP contribution in [-0.2, 0) is 10.0 Å². The van der Waals surface area contributed by atoms with E-state index in [-0.39, 0.29) is 14.3 Å². The number of sulfonamides is 1. The molecule has 2 heterocycles. The molecule has 0 spiro atoms. The number of amides is 1. The second kappa shape index (κ2) is 11.0. The van der Waals surface area contributed by atoms with Crippen LogP contribution < -0.4 is 19.8 Å². The minimum Gasteiger partial charge on any atom is -0.493 e. The number of pyridine rings is 2. The first-order chi connectivity index (χ1) is 19.1. The van der Waals surface area contributed by atoms with E-state index in [1.54, 1.807) is 6.07 Å². The van der Waals surface area contributed by atoms with Crippen molar-refractivity contribution in [3.8, 4) is 28.6 Å². The Kier molecular flexibility index (Phi) is 7.44. The van der Waals surface area contributed by atoms with Crippen molar-refractivity contribution in [2.45, 2.75) is 38.5 Å². The predicted molar refractivity (Wildman–Crippen MR) is 155 cm³/mol.